The molecule has 0 unspecified atom stereocenters. The summed E-state index contributed by atoms with van der Waals surface area (Å²) in [5, 5.41) is 14.9. The van der Waals surface area contributed by atoms with Gasteiger partial charge in [-0.3, -0.25) is 14.4 Å². The monoisotopic (exact) mass is 274 g/mol. The molecule has 0 aliphatic rings. The molecular weight excluding hydrogens is 256 g/mol. The summed E-state index contributed by atoms with van der Waals surface area (Å²) < 4.78 is 0. The van der Waals surface area contributed by atoms with E-state index >= 15 is 0 Å². The molecule has 0 rings (SSSR count). The molecule has 9 nitrogen and oxygen atoms in total. The Morgan fingerprint density at radius 3 is 2.11 bits per heavy atom. The van der Waals surface area contributed by atoms with Crippen molar-refractivity contribution in [1.29, 1.82) is 0 Å². The fourth-order valence-electron chi connectivity index (χ4n) is 0.927. The molecule has 0 aromatic rings. The Kier molecular flexibility index (Phi) is 7.66. The molecule has 0 spiro atoms. The van der Waals surface area contributed by atoms with Gasteiger partial charge in [0.2, 0.25) is 11.8 Å². The minimum absolute atomic E-state index is 0.174. The van der Waals surface area contributed by atoms with E-state index in [1.54, 1.807) is 14.0 Å². The van der Waals surface area contributed by atoms with Crippen molar-refractivity contribution in [2.24, 2.45) is 0 Å². The molecular formula is C10H18N4O5. The van der Waals surface area contributed by atoms with Gasteiger partial charge in [-0.2, -0.15) is 0 Å². The number of carbonyl (C=O) groups is 4. The largest absolute Gasteiger partial charge is 0.480 e. The van der Waals surface area contributed by atoms with Crippen LogP contribution in [0, 0.1) is 0 Å². The van der Waals surface area contributed by atoms with Crippen LogP contribution in [-0.4, -0.2) is 67.0 Å². The van der Waals surface area contributed by atoms with Crippen LogP contribution < -0.4 is 16.0 Å². The minimum atomic E-state index is -1.17. The summed E-state index contributed by atoms with van der Waals surface area (Å²) in [6.07, 6.45) is 0. The van der Waals surface area contributed by atoms with Gasteiger partial charge in [0.15, 0.2) is 0 Å². The number of likely N-dealkylation sites (N-methyl/N-ethyl adjacent to an activating group) is 1. The van der Waals surface area contributed by atoms with Gasteiger partial charge in [-0.25, -0.2) is 4.79 Å². The zero-order valence-corrected chi connectivity index (χ0v) is 10.9. The number of hydrogen-bond acceptors (Lipinski definition) is 4. The van der Waals surface area contributed by atoms with Crippen molar-refractivity contribution in [3.8, 4) is 0 Å². The lowest BCUT2D eigenvalue weighted by Crippen LogP contribution is -2.46. The van der Waals surface area contributed by atoms with Crippen molar-refractivity contribution in [3.63, 3.8) is 0 Å². The number of rotatable bonds is 7. The number of nitrogens with zero attached hydrogens (tertiary/aromatic N) is 1. The Balaban J connectivity index is 3.78. The normalized spacial score (nSPS) is 9.37. The van der Waals surface area contributed by atoms with Crippen LogP contribution in [0.3, 0.4) is 0 Å². The van der Waals surface area contributed by atoms with E-state index in [0.717, 1.165) is 0 Å². The highest BCUT2D eigenvalue weighted by atomic mass is 16.4. The number of carboxylic acid groups (broad SMARTS) is 1. The van der Waals surface area contributed by atoms with Gasteiger partial charge < -0.3 is 26.0 Å². The van der Waals surface area contributed by atoms with Crippen LogP contribution in [0.5, 0.6) is 0 Å². The predicted octanol–water partition coefficient (Wildman–Crippen LogP) is -2.04. The lowest BCUT2D eigenvalue weighted by molar-refractivity contribution is -0.137. The van der Waals surface area contributed by atoms with Gasteiger partial charge in [-0.1, -0.05) is 0 Å². The topological polar surface area (TPSA) is 128 Å². The number of amides is 4. The van der Waals surface area contributed by atoms with Gasteiger partial charge in [-0.15, -0.1) is 0 Å². The molecule has 0 aliphatic carbocycles. The van der Waals surface area contributed by atoms with E-state index in [1.165, 1.54) is 4.90 Å². The summed E-state index contributed by atoms with van der Waals surface area (Å²) in [5.41, 5.74) is 0. The molecule has 0 aromatic heterocycles. The molecule has 4 N–H and O–H groups in total. The summed E-state index contributed by atoms with van der Waals surface area (Å²) in [6, 6.07) is -0.677. The molecule has 0 saturated heterocycles. The Morgan fingerprint density at radius 2 is 1.58 bits per heavy atom. The Morgan fingerprint density at radius 1 is 1.00 bits per heavy atom. The highest BCUT2D eigenvalue weighted by molar-refractivity contribution is 5.88. The van der Waals surface area contributed by atoms with E-state index in [2.05, 4.69) is 16.0 Å². The molecule has 0 aromatic carbocycles. The van der Waals surface area contributed by atoms with Crippen LogP contribution in [0.1, 0.15) is 6.92 Å². The Labute approximate surface area is 110 Å². The van der Waals surface area contributed by atoms with Crippen LogP contribution in [0.25, 0.3) is 0 Å². The smallest absolute Gasteiger partial charge is 0.322 e. The summed E-state index contributed by atoms with van der Waals surface area (Å²) >= 11 is 0. The average Bonchev–Trinajstić information content (AvgIpc) is 2.38. The van der Waals surface area contributed by atoms with Gasteiger partial charge in [-0.05, 0) is 6.92 Å². The molecule has 9 heteroatoms. The number of carbonyl (C=O) groups excluding carboxylic acids is 3. The van der Waals surface area contributed by atoms with Gasteiger partial charge in [0, 0.05) is 13.6 Å². The first-order valence-electron chi connectivity index (χ1n) is 5.61. The van der Waals surface area contributed by atoms with E-state index in [-0.39, 0.29) is 19.0 Å². The zero-order chi connectivity index (χ0) is 14.8. The third kappa shape index (κ3) is 8.41. The fourth-order valence-corrected chi connectivity index (χ4v) is 0.927. The SMILES string of the molecule is CCN(C)C(=O)CNC(=O)NCC(=O)NCC(=O)O. The number of aliphatic carboxylic acids is 1. The maximum absolute atomic E-state index is 11.3. The van der Waals surface area contributed by atoms with Crippen molar-refractivity contribution >= 4 is 23.8 Å². The first kappa shape index (κ1) is 16.7. The van der Waals surface area contributed by atoms with Gasteiger partial charge >= 0.3 is 12.0 Å². The molecule has 0 atom stereocenters. The van der Waals surface area contributed by atoms with Crippen molar-refractivity contribution in [3.05, 3.63) is 0 Å². The van der Waals surface area contributed by atoms with E-state index in [1.807, 2.05) is 0 Å². The average molecular weight is 274 g/mol. The second kappa shape index (κ2) is 8.72. The number of urea groups is 1. The maximum atomic E-state index is 11.3. The van der Waals surface area contributed by atoms with Gasteiger partial charge in [0.1, 0.15) is 6.54 Å². The van der Waals surface area contributed by atoms with Crippen LogP contribution in [0.2, 0.25) is 0 Å². The summed E-state index contributed by atoms with van der Waals surface area (Å²) in [5.74, 6) is -2.06. The number of carboxylic acids is 1. The lowest BCUT2D eigenvalue weighted by Gasteiger charge is -2.14. The standard InChI is InChI=1S/C10H18N4O5/c1-3-14(2)8(16)5-13-10(19)12-4-7(15)11-6-9(17)18/h3-6H2,1-2H3,(H,11,15)(H,17,18)(H2,12,13,19). The molecule has 0 aliphatic heterocycles. The zero-order valence-electron chi connectivity index (χ0n) is 10.9. The van der Waals surface area contributed by atoms with Crippen LogP contribution >= 0.6 is 0 Å². The van der Waals surface area contributed by atoms with E-state index in [0.29, 0.717) is 6.54 Å². The van der Waals surface area contributed by atoms with Crippen molar-refractivity contribution in [2.75, 3.05) is 33.2 Å². The highest BCUT2D eigenvalue weighted by Crippen LogP contribution is 1.81. The fraction of sp³-hybridized carbons (Fsp3) is 0.600. The van der Waals surface area contributed by atoms with Gasteiger partial charge in [0.05, 0.1) is 13.1 Å². The summed E-state index contributed by atoms with van der Waals surface area (Å²) in [6.45, 7) is 1.27. The first-order chi connectivity index (χ1) is 8.86. The molecule has 0 bridgehead atoms. The first-order valence-corrected chi connectivity index (χ1v) is 5.61. The molecule has 0 saturated carbocycles. The van der Waals surface area contributed by atoms with Crippen LogP contribution in [0.15, 0.2) is 0 Å². The highest BCUT2D eigenvalue weighted by Gasteiger charge is 2.09. The van der Waals surface area contributed by atoms with Crippen LogP contribution in [0.4, 0.5) is 4.79 Å². The minimum Gasteiger partial charge on any atom is -0.480 e. The molecule has 19 heavy (non-hydrogen) atoms. The second-order valence-electron chi connectivity index (χ2n) is 3.61. The molecule has 4 amide bonds. The summed E-state index contributed by atoms with van der Waals surface area (Å²) in [7, 11) is 1.60. The molecule has 0 radical (unpaired) electrons. The van der Waals surface area contributed by atoms with Gasteiger partial charge in [0.25, 0.3) is 0 Å². The predicted molar refractivity (Wildman–Crippen MR) is 65.4 cm³/mol. The van der Waals surface area contributed by atoms with Crippen molar-refractivity contribution in [1.82, 2.24) is 20.9 Å². The Bertz CT molecular complexity index is 358. The van der Waals surface area contributed by atoms with Crippen molar-refractivity contribution < 1.29 is 24.3 Å². The van der Waals surface area contributed by atoms with Crippen molar-refractivity contribution in [2.45, 2.75) is 6.92 Å². The Hall–Kier alpha value is -2.32. The second-order valence-corrected chi connectivity index (χ2v) is 3.61. The van der Waals surface area contributed by atoms with E-state index < -0.39 is 24.5 Å². The van der Waals surface area contributed by atoms with E-state index in [9.17, 15) is 19.2 Å². The quantitative estimate of drug-likeness (QED) is 0.425. The summed E-state index contributed by atoms with van der Waals surface area (Å²) in [4.78, 5) is 45.2. The third-order valence-electron chi connectivity index (χ3n) is 2.15. The van der Waals surface area contributed by atoms with Crippen LogP contribution in [-0.2, 0) is 14.4 Å². The number of hydrogen-bond donors (Lipinski definition) is 4. The molecule has 0 fully saturated rings. The molecule has 0 heterocycles. The van der Waals surface area contributed by atoms with E-state index in [4.69, 9.17) is 5.11 Å². The lowest BCUT2D eigenvalue weighted by atomic mass is 10.5. The third-order valence-corrected chi connectivity index (χ3v) is 2.15. The number of nitrogens with one attached hydrogen (secondary N) is 3. The molecule has 108 valence electrons. The maximum Gasteiger partial charge on any atom is 0.322 e.